The van der Waals surface area contributed by atoms with Gasteiger partial charge < -0.3 is 4.74 Å². The van der Waals surface area contributed by atoms with Gasteiger partial charge in [-0.15, -0.1) is 0 Å². The van der Waals surface area contributed by atoms with Gasteiger partial charge in [-0.3, -0.25) is 10.1 Å². The van der Waals surface area contributed by atoms with Gasteiger partial charge in [0, 0.05) is 12.1 Å². The van der Waals surface area contributed by atoms with E-state index in [2.05, 4.69) is 4.74 Å². The second-order valence-corrected chi connectivity index (χ2v) is 3.18. The van der Waals surface area contributed by atoms with Crippen LogP contribution >= 0.6 is 0 Å². The van der Waals surface area contributed by atoms with Crippen molar-refractivity contribution in [1.29, 1.82) is 0 Å². The molecule has 0 radical (unpaired) electrons. The van der Waals surface area contributed by atoms with E-state index < -0.39 is 10.9 Å². The van der Waals surface area contributed by atoms with Gasteiger partial charge in [0.05, 0.1) is 17.6 Å². The fraction of sp³-hybridized carbons (Fsp3) is 0.182. The van der Waals surface area contributed by atoms with E-state index in [0.29, 0.717) is 5.56 Å². The summed E-state index contributed by atoms with van der Waals surface area (Å²) in [4.78, 5) is 21.1. The maximum Gasteiger partial charge on any atom is 0.330 e. The Morgan fingerprint density at radius 1 is 1.50 bits per heavy atom. The standard InChI is InChI=1S/C11H11NO4/c1-8-3-4-9(5-6-11(13)16-2)10(7-8)12(14)15/h3-7H,1-2H3. The van der Waals surface area contributed by atoms with Crippen molar-refractivity contribution < 1.29 is 14.5 Å². The molecule has 16 heavy (non-hydrogen) atoms. The third kappa shape index (κ3) is 2.91. The highest BCUT2D eigenvalue weighted by atomic mass is 16.6. The number of nitro benzene ring substituents is 1. The number of carbonyl (C=O) groups is 1. The van der Waals surface area contributed by atoms with Crippen LogP contribution in [0.2, 0.25) is 0 Å². The molecule has 0 aromatic heterocycles. The summed E-state index contributed by atoms with van der Waals surface area (Å²) in [7, 11) is 1.25. The molecule has 0 aliphatic heterocycles. The summed E-state index contributed by atoms with van der Waals surface area (Å²) < 4.78 is 4.40. The number of carbonyl (C=O) groups excluding carboxylic acids is 1. The average molecular weight is 221 g/mol. The predicted octanol–water partition coefficient (Wildman–Crippen LogP) is 2.09. The van der Waals surface area contributed by atoms with E-state index in [1.165, 1.54) is 19.3 Å². The van der Waals surface area contributed by atoms with Crippen LogP contribution in [0.1, 0.15) is 11.1 Å². The van der Waals surface area contributed by atoms with E-state index in [1.807, 2.05) is 0 Å². The van der Waals surface area contributed by atoms with Crippen LogP contribution in [0.25, 0.3) is 6.08 Å². The lowest BCUT2D eigenvalue weighted by Crippen LogP contribution is -1.95. The number of ether oxygens (including phenoxy) is 1. The molecule has 0 unspecified atom stereocenters. The number of aryl methyl sites for hydroxylation is 1. The van der Waals surface area contributed by atoms with Crippen molar-refractivity contribution in [3.8, 4) is 0 Å². The smallest absolute Gasteiger partial charge is 0.330 e. The SMILES string of the molecule is COC(=O)C=Cc1ccc(C)cc1[N+](=O)[O-]. The fourth-order valence-electron chi connectivity index (χ4n) is 1.18. The lowest BCUT2D eigenvalue weighted by molar-refractivity contribution is -0.385. The Balaban J connectivity index is 3.09. The highest BCUT2D eigenvalue weighted by Gasteiger charge is 2.11. The van der Waals surface area contributed by atoms with Crippen LogP contribution in [0.4, 0.5) is 5.69 Å². The van der Waals surface area contributed by atoms with E-state index in [-0.39, 0.29) is 5.69 Å². The van der Waals surface area contributed by atoms with Gasteiger partial charge in [-0.1, -0.05) is 6.07 Å². The van der Waals surface area contributed by atoms with Gasteiger partial charge in [0.2, 0.25) is 0 Å². The van der Waals surface area contributed by atoms with Gasteiger partial charge in [-0.25, -0.2) is 4.79 Å². The second kappa shape index (κ2) is 5.06. The minimum atomic E-state index is -0.546. The molecule has 1 aromatic carbocycles. The number of rotatable bonds is 3. The van der Waals surface area contributed by atoms with Crippen molar-refractivity contribution in [2.75, 3.05) is 7.11 Å². The number of esters is 1. The lowest BCUT2D eigenvalue weighted by atomic mass is 10.1. The topological polar surface area (TPSA) is 69.4 Å². The Labute approximate surface area is 92.5 Å². The summed E-state index contributed by atoms with van der Waals surface area (Å²) in [5.41, 5.74) is 1.14. The van der Waals surface area contributed by atoms with E-state index >= 15 is 0 Å². The third-order valence-corrected chi connectivity index (χ3v) is 1.98. The summed E-state index contributed by atoms with van der Waals surface area (Å²) in [6, 6.07) is 4.79. The monoisotopic (exact) mass is 221 g/mol. The molecular weight excluding hydrogens is 210 g/mol. The van der Waals surface area contributed by atoms with E-state index in [0.717, 1.165) is 11.6 Å². The van der Waals surface area contributed by atoms with E-state index in [9.17, 15) is 14.9 Å². The van der Waals surface area contributed by atoms with E-state index in [1.54, 1.807) is 19.1 Å². The number of nitrogens with zero attached hydrogens (tertiary/aromatic N) is 1. The fourth-order valence-corrected chi connectivity index (χ4v) is 1.18. The number of hydrogen-bond donors (Lipinski definition) is 0. The Hall–Kier alpha value is -2.17. The molecule has 5 nitrogen and oxygen atoms in total. The van der Waals surface area contributed by atoms with Crippen LogP contribution in [0.5, 0.6) is 0 Å². The van der Waals surface area contributed by atoms with Crippen LogP contribution in [0.15, 0.2) is 24.3 Å². The summed E-state index contributed by atoms with van der Waals surface area (Å²) in [5.74, 6) is -0.546. The summed E-state index contributed by atoms with van der Waals surface area (Å²) in [6.45, 7) is 1.76. The molecule has 0 aliphatic carbocycles. The molecule has 0 heterocycles. The molecule has 0 fully saturated rings. The van der Waals surface area contributed by atoms with Gasteiger partial charge in [0.15, 0.2) is 0 Å². The van der Waals surface area contributed by atoms with Crippen LogP contribution in [0, 0.1) is 17.0 Å². The minimum Gasteiger partial charge on any atom is -0.466 e. The Morgan fingerprint density at radius 2 is 2.19 bits per heavy atom. The number of nitro groups is 1. The maximum absolute atomic E-state index is 10.9. The molecule has 0 saturated heterocycles. The first-order chi connectivity index (χ1) is 7.54. The number of benzene rings is 1. The number of hydrogen-bond acceptors (Lipinski definition) is 4. The zero-order valence-corrected chi connectivity index (χ0v) is 8.97. The largest absolute Gasteiger partial charge is 0.466 e. The van der Waals surface area contributed by atoms with Gasteiger partial charge >= 0.3 is 5.97 Å². The highest BCUT2D eigenvalue weighted by Crippen LogP contribution is 2.21. The summed E-state index contributed by atoms with van der Waals surface area (Å²) in [6.07, 6.45) is 2.51. The number of methoxy groups -OCH3 is 1. The van der Waals surface area contributed by atoms with Gasteiger partial charge in [-0.05, 0) is 24.6 Å². The molecule has 0 saturated carbocycles. The van der Waals surface area contributed by atoms with Crippen LogP contribution in [-0.4, -0.2) is 18.0 Å². The molecule has 0 aliphatic rings. The Bertz CT molecular complexity index is 451. The molecule has 0 amide bonds. The molecule has 0 bridgehead atoms. The van der Waals surface area contributed by atoms with Crippen molar-refractivity contribution >= 4 is 17.7 Å². The summed E-state index contributed by atoms with van der Waals surface area (Å²) in [5, 5.41) is 10.7. The predicted molar refractivity (Wildman–Crippen MR) is 58.9 cm³/mol. The van der Waals surface area contributed by atoms with E-state index in [4.69, 9.17) is 0 Å². The zero-order chi connectivity index (χ0) is 12.1. The molecular formula is C11H11NO4. The summed E-state index contributed by atoms with van der Waals surface area (Å²) >= 11 is 0. The van der Waals surface area contributed by atoms with Crippen LogP contribution in [-0.2, 0) is 9.53 Å². The average Bonchev–Trinajstić information content (AvgIpc) is 2.26. The van der Waals surface area contributed by atoms with Crippen molar-refractivity contribution in [3.05, 3.63) is 45.5 Å². The van der Waals surface area contributed by atoms with Crippen LogP contribution < -0.4 is 0 Å². The maximum atomic E-state index is 10.9. The second-order valence-electron chi connectivity index (χ2n) is 3.18. The molecule has 0 atom stereocenters. The van der Waals surface area contributed by atoms with Gasteiger partial charge in [-0.2, -0.15) is 0 Å². The normalized spacial score (nSPS) is 10.4. The first-order valence-electron chi connectivity index (χ1n) is 4.55. The lowest BCUT2D eigenvalue weighted by Gasteiger charge is -1.98. The molecule has 84 valence electrons. The van der Waals surface area contributed by atoms with Crippen LogP contribution in [0.3, 0.4) is 0 Å². The quantitative estimate of drug-likeness (QED) is 0.339. The first-order valence-corrected chi connectivity index (χ1v) is 4.55. The Morgan fingerprint density at radius 3 is 2.75 bits per heavy atom. The molecule has 5 heteroatoms. The van der Waals surface area contributed by atoms with Crippen molar-refractivity contribution in [2.45, 2.75) is 6.92 Å². The highest BCUT2D eigenvalue weighted by molar-refractivity contribution is 5.87. The minimum absolute atomic E-state index is 0.0276. The third-order valence-electron chi connectivity index (χ3n) is 1.98. The Kier molecular flexibility index (Phi) is 3.77. The molecule has 1 aromatic rings. The zero-order valence-electron chi connectivity index (χ0n) is 8.97. The van der Waals surface area contributed by atoms with Gasteiger partial charge in [0.1, 0.15) is 0 Å². The molecule has 1 rings (SSSR count). The first kappa shape index (κ1) is 11.9. The van der Waals surface area contributed by atoms with Crippen molar-refractivity contribution in [1.82, 2.24) is 0 Å². The van der Waals surface area contributed by atoms with Gasteiger partial charge in [0.25, 0.3) is 5.69 Å². The molecule has 0 N–H and O–H groups in total. The van der Waals surface area contributed by atoms with Crippen molar-refractivity contribution in [3.63, 3.8) is 0 Å². The van der Waals surface area contributed by atoms with Crippen molar-refractivity contribution in [2.24, 2.45) is 0 Å². The molecule has 0 spiro atoms.